The van der Waals surface area contributed by atoms with Gasteiger partial charge in [0.25, 0.3) is 0 Å². The van der Waals surface area contributed by atoms with Crippen molar-refractivity contribution in [3.05, 3.63) is 41.3 Å². The Kier molecular flexibility index (Phi) is 6.13. The number of hydrogen-bond donors (Lipinski definition) is 1. The number of rotatable bonds is 6. The number of benzene rings is 1. The summed E-state index contributed by atoms with van der Waals surface area (Å²) in [5, 5.41) is -0.0380. The van der Waals surface area contributed by atoms with E-state index in [-0.39, 0.29) is 23.2 Å². The summed E-state index contributed by atoms with van der Waals surface area (Å²) in [4.78, 5) is 7.67. The maximum atomic E-state index is 13.5. The summed E-state index contributed by atoms with van der Waals surface area (Å²) in [5.74, 6) is 0.0439. The molecule has 0 saturated carbocycles. The lowest BCUT2D eigenvalue weighted by Crippen LogP contribution is -2.43. The molecule has 2 aromatic rings. The second kappa shape index (κ2) is 7.80. The van der Waals surface area contributed by atoms with Gasteiger partial charge < -0.3 is 10.5 Å². The van der Waals surface area contributed by atoms with E-state index in [4.69, 9.17) is 22.1 Å². The first-order chi connectivity index (χ1) is 12.0. The molecule has 4 nitrogen and oxygen atoms in total. The van der Waals surface area contributed by atoms with Crippen LogP contribution in [0.15, 0.2) is 30.5 Å². The first-order valence-corrected chi connectivity index (χ1v) is 8.47. The van der Waals surface area contributed by atoms with E-state index in [0.717, 1.165) is 6.07 Å². The van der Waals surface area contributed by atoms with E-state index in [1.807, 2.05) is 13.8 Å². The molecule has 2 N–H and O–H groups in total. The summed E-state index contributed by atoms with van der Waals surface area (Å²) in [6.07, 6.45) is -2.56. The zero-order chi connectivity index (χ0) is 19.5. The number of hydrogen-bond acceptors (Lipinski definition) is 4. The minimum absolute atomic E-state index is 0.0209. The lowest BCUT2D eigenvalue weighted by molar-refractivity contribution is -0.139. The molecule has 8 heteroatoms. The molecule has 0 amide bonds. The molecule has 1 aromatic carbocycles. The fourth-order valence-corrected chi connectivity index (χ4v) is 2.91. The van der Waals surface area contributed by atoms with Gasteiger partial charge in [0.2, 0.25) is 5.28 Å². The lowest BCUT2D eigenvalue weighted by atomic mass is 9.93. The molecule has 1 aromatic heterocycles. The Bertz CT molecular complexity index is 764. The third kappa shape index (κ3) is 5.57. The summed E-state index contributed by atoms with van der Waals surface area (Å²) >= 11 is 5.71. The molecule has 0 aliphatic carbocycles. The van der Waals surface area contributed by atoms with Gasteiger partial charge in [-0.25, -0.2) is 9.97 Å². The number of alkyl halides is 3. The summed E-state index contributed by atoms with van der Waals surface area (Å²) in [6.45, 7) is 5.73. The van der Waals surface area contributed by atoms with Gasteiger partial charge >= 0.3 is 6.18 Å². The zero-order valence-corrected chi connectivity index (χ0v) is 15.5. The van der Waals surface area contributed by atoms with Crippen LogP contribution >= 0.6 is 11.6 Å². The highest BCUT2D eigenvalue weighted by Crippen LogP contribution is 2.39. The third-order valence-corrected chi connectivity index (χ3v) is 3.82. The average Bonchev–Trinajstić information content (AvgIpc) is 2.51. The van der Waals surface area contributed by atoms with Crippen LogP contribution in [0.2, 0.25) is 5.28 Å². The first kappa shape index (κ1) is 20.5. The van der Waals surface area contributed by atoms with Crippen LogP contribution in [0.25, 0.3) is 11.3 Å². The minimum atomic E-state index is -4.58. The van der Waals surface area contributed by atoms with Gasteiger partial charge in [0, 0.05) is 17.3 Å². The normalized spacial score (nSPS) is 14.3. The predicted molar refractivity (Wildman–Crippen MR) is 95.0 cm³/mol. The quantitative estimate of drug-likeness (QED) is 0.712. The molecule has 142 valence electrons. The second-order valence-electron chi connectivity index (χ2n) is 6.96. The van der Waals surface area contributed by atoms with E-state index in [1.54, 1.807) is 6.92 Å². The van der Waals surface area contributed by atoms with Crippen LogP contribution in [-0.2, 0) is 6.18 Å². The van der Waals surface area contributed by atoms with Crippen molar-refractivity contribution in [2.24, 2.45) is 11.7 Å². The minimum Gasteiger partial charge on any atom is -0.491 e. The van der Waals surface area contributed by atoms with Crippen LogP contribution in [0.1, 0.15) is 32.8 Å². The highest BCUT2D eigenvalue weighted by Gasteiger charge is 2.35. The van der Waals surface area contributed by atoms with Crippen molar-refractivity contribution >= 4 is 11.6 Å². The molecule has 26 heavy (non-hydrogen) atoms. The standard InChI is InChI=1S/C18H21ClF3N3O/c1-11(2)9-17(3,23)10-26-15-5-4-12(8-13(15)18(20,21)22)14-6-7-24-16(19)25-14/h4-8,11H,9-10,23H2,1-3H3/t17-/m0/s1. The SMILES string of the molecule is CC(C)C[C@](C)(N)COc1ccc(-c2ccnc(Cl)n2)cc1C(F)(F)F. The molecule has 0 saturated heterocycles. The molecule has 0 spiro atoms. The Morgan fingerprint density at radius 2 is 1.92 bits per heavy atom. The van der Waals surface area contributed by atoms with Crippen LogP contribution in [0.3, 0.4) is 0 Å². The van der Waals surface area contributed by atoms with Crippen molar-refractivity contribution in [3.63, 3.8) is 0 Å². The molecule has 0 bridgehead atoms. The van der Waals surface area contributed by atoms with Crippen molar-refractivity contribution in [1.29, 1.82) is 0 Å². The Morgan fingerprint density at radius 3 is 2.50 bits per heavy atom. The summed E-state index contributed by atoms with van der Waals surface area (Å²) < 4.78 is 45.9. The Hall–Kier alpha value is -1.86. The summed E-state index contributed by atoms with van der Waals surface area (Å²) in [6, 6.07) is 5.25. The molecule has 0 fully saturated rings. The highest BCUT2D eigenvalue weighted by molar-refractivity contribution is 6.28. The molecule has 0 radical (unpaired) electrons. The third-order valence-electron chi connectivity index (χ3n) is 3.64. The van der Waals surface area contributed by atoms with Gasteiger partial charge in [0.15, 0.2) is 0 Å². The van der Waals surface area contributed by atoms with E-state index in [9.17, 15) is 13.2 Å². The molecule has 0 unspecified atom stereocenters. The van der Waals surface area contributed by atoms with Crippen molar-refractivity contribution in [2.45, 2.75) is 38.9 Å². The van der Waals surface area contributed by atoms with Gasteiger partial charge in [-0.2, -0.15) is 13.2 Å². The van der Waals surface area contributed by atoms with Crippen LogP contribution in [-0.4, -0.2) is 22.1 Å². The van der Waals surface area contributed by atoms with E-state index in [2.05, 4.69) is 9.97 Å². The van der Waals surface area contributed by atoms with E-state index in [0.29, 0.717) is 18.0 Å². The molecular formula is C18H21ClF3N3O. The Balaban J connectivity index is 2.32. The van der Waals surface area contributed by atoms with Crippen LogP contribution in [0.4, 0.5) is 13.2 Å². The van der Waals surface area contributed by atoms with Crippen molar-refractivity contribution in [2.75, 3.05) is 6.61 Å². The van der Waals surface area contributed by atoms with Crippen molar-refractivity contribution in [1.82, 2.24) is 9.97 Å². The van der Waals surface area contributed by atoms with Gasteiger partial charge in [-0.05, 0) is 55.1 Å². The molecular weight excluding hydrogens is 367 g/mol. The Labute approximate surface area is 155 Å². The monoisotopic (exact) mass is 387 g/mol. The first-order valence-electron chi connectivity index (χ1n) is 8.10. The van der Waals surface area contributed by atoms with E-state index < -0.39 is 17.3 Å². The summed E-state index contributed by atoms with van der Waals surface area (Å²) in [5.41, 5.74) is 5.08. The smallest absolute Gasteiger partial charge is 0.419 e. The highest BCUT2D eigenvalue weighted by atomic mass is 35.5. The maximum Gasteiger partial charge on any atom is 0.419 e. The topological polar surface area (TPSA) is 61.0 Å². The summed E-state index contributed by atoms with van der Waals surface area (Å²) in [7, 11) is 0. The van der Waals surface area contributed by atoms with Gasteiger partial charge in [0.05, 0.1) is 11.3 Å². The van der Waals surface area contributed by atoms with Gasteiger partial charge in [-0.15, -0.1) is 0 Å². The van der Waals surface area contributed by atoms with E-state index in [1.165, 1.54) is 24.4 Å². The van der Waals surface area contributed by atoms with Crippen LogP contribution in [0, 0.1) is 5.92 Å². The average molecular weight is 388 g/mol. The zero-order valence-electron chi connectivity index (χ0n) is 14.8. The van der Waals surface area contributed by atoms with Crippen LogP contribution in [0.5, 0.6) is 5.75 Å². The van der Waals surface area contributed by atoms with Gasteiger partial charge in [-0.3, -0.25) is 0 Å². The van der Waals surface area contributed by atoms with E-state index >= 15 is 0 Å². The largest absolute Gasteiger partial charge is 0.491 e. The lowest BCUT2D eigenvalue weighted by Gasteiger charge is -2.27. The van der Waals surface area contributed by atoms with Gasteiger partial charge in [0.1, 0.15) is 12.4 Å². The van der Waals surface area contributed by atoms with Crippen molar-refractivity contribution in [3.8, 4) is 17.0 Å². The number of ether oxygens (including phenoxy) is 1. The second-order valence-corrected chi connectivity index (χ2v) is 7.30. The Morgan fingerprint density at radius 1 is 1.23 bits per heavy atom. The number of aromatic nitrogens is 2. The number of nitrogens with zero attached hydrogens (tertiary/aromatic N) is 2. The number of halogens is 4. The molecule has 0 aliphatic rings. The fraction of sp³-hybridized carbons (Fsp3) is 0.444. The maximum absolute atomic E-state index is 13.5. The molecule has 1 heterocycles. The molecule has 1 atom stereocenters. The van der Waals surface area contributed by atoms with Gasteiger partial charge in [-0.1, -0.05) is 13.8 Å². The predicted octanol–water partition coefficient (Wildman–Crippen LogP) is 4.96. The van der Waals surface area contributed by atoms with Crippen molar-refractivity contribution < 1.29 is 17.9 Å². The fourth-order valence-electron chi connectivity index (χ4n) is 2.77. The number of nitrogens with two attached hydrogens (primary N) is 1. The molecule has 0 aliphatic heterocycles. The van der Waals surface area contributed by atoms with Crippen LogP contribution < -0.4 is 10.5 Å². The molecule has 2 rings (SSSR count).